The van der Waals surface area contributed by atoms with Gasteiger partial charge in [-0.2, -0.15) is 10.5 Å². The summed E-state index contributed by atoms with van der Waals surface area (Å²) in [4.78, 5) is 69.3. The van der Waals surface area contributed by atoms with Crippen LogP contribution >= 0.6 is 0 Å². The smallest absolute Gasteiger partial charge is 0.320 e. The van der Waals surface area contributed by atoms with Gasteiger partial charge in [-0.3, -0.25) is 33.7 Å². The fourth-order valence-electron chi connectivity index (χ4n) is 4.19. The standard InChI is InChI=1S/C13H18N2O3.C9H16N2O2.C6H15NO.C6H10O3.C5H7NO2/c1-10-8-12(17)15(13(18)11(10)9-14)6-4-2-3-5-7-16;1-10-8-9(13)11-6-4-2-3-5-7-12;7-5-3-1-2-4-6-8;1-3-9-6(8)4-5(2)7;1-2-8-5(7)3-4-6/h16H,2-8H2,1H3;12H,2-8H2,(H,11,13);8H,1-7H2;3-4H2,1-2H3;2-3H2,1H3. The van der Waals surface area contributed by atoms with Gasteiger partial charge in [0.25, 0.3) is 18.4 Å². The van der Waals surface area contributed by atoms with Crippen LogP contribution in [0.5, 0.6) is 0 Å². The first-order valence-electron chi connectivity index (χ1n) is 19.1. The quantitative estimate of drug-likeness (QED) is 0.0327. The molecule has 0 bridgehead atoms. The average Bonchev–Trinajstić information content (AvgIpc) is 3.14. The molecule has 0 saturated carbocycles. The molecular weight excluding hydrogens is 728 g/mol. The summed E-state index contributed by atoms with van der Waals surface area (Å²) in [5.74, 6) is -1.93. The Bertz CT molecular complexity index is 1250. The van der Waals surface area contributed by atoms with Crippen LogP contribution in [0, 0.1) is 29.2 Å². The van der Waals surface area contributed by atoms with E-state index in [1.54, 1.807) is 26.8 Å². The highest BCUT2D eigenvalue weighted by molar-refractivity contribution is 6.10. The Morgan fingerprint density at radius 1 is 0.839 bits per heavy atom. The SMILES string of the molecule is CC1=C(C#N)C(=O)N(CCCCCCO)C(=O)C1.CCOC(=O)CC#N.CCOC(=O)CC(C)=O.NCCCCCCO.[C-]#[N+]CC(=O)NCCCCCCO. The van der Waals surface area contributed by atoms with Crippen molar-refractivity contribution in [1.82, 2.24) is 10.2 Å². The molecular formula is C39H66N6O11. The summed E-state index contributed by atoms with van der Waals surface area (Å²) in [5.41, 5.74) is 5.91. The summed E-state index contributed by atoms with van der Waals surface area (Å²) in [6.45, 7) is 16.0. The third kappa shape index (κ3) is 40.5. The lowest BCUT2D eigenvalue weighted by Crippen LogP contribution is -2.41. The van der Waals surface area contributed by atoms with Gasteiger partial charge < -0.3 is 40.7 Å². The van der Waals surface area contributed by atoms with Crippen LogP contribution in [0.25, 0.3) is 4.85 Å². The highest BCUT2D eigenvalue weighted by Crippen LogP contribution is 2.20. The maximum Gasteiger partial charge on any atom is 0.320 e. The maximum atomic E-state index is 11.9. The molecule has 6 N–H and O–H groups in total. The number of carbonyl (C=O) groups is 6. The Hall–Kier alpha value is -4.73. The number of carbonyl (C=O) groups excluding carboxylic acids is 6. The summed E-state index contributed by atoms with van der Waals surface area (Å²) < 4.78 is 8.91. The van der Waals surface area contributed by atoms with Gasteiger partial charge in [0, 0.05) is 39.3 Å². The van der Waals surface area contributed by atoms with Gasteiger partial charge in [0.15, 0.2) is 0 Å². The first kappa shape index (κ1) is 58.0. The Labute approximate surface area is 333 Å². The summed E-state index contributed by atoms with van der Waals surface area (Å²) in [6.07, 6.45) is 11.2. The number of nitrogens with zero attached hydrogens (tertiary/aromatic N) is 4. The normalized spacial score (nSPS) is 11.2. The summed E-state index contributed by atoms with van der Waals surface area (Å²) in [5, 5.41) is 44.9. The van der Waals surface area contributed by atoms with Crippen LogP contribution in [-0.4, -0.2) is 115 Å². The molecule has 0 unspecified atom stereocenters. The molecule has 1 rings (SSSR count). The molecule has 56 heavy (non-hydrogen) atoms. The summed E-state index contributed by atoms with van der Waals surface area (Å²) in [7, 11) is 0. The van der Waals surface area contributed by atoms with Gasteiger partial charge in [0.05, 0.1) is 19.3 Å². The Kier molecular flexibility index (Phi) is 46.2. The van der Waals surface area contributed by atoms with Crippen LogP contribution < -0.4 is 11.1 Å². The molecule has 3 amide bonds. The molecule has 1 aliphatic heterocycles. The molecule has 318 valence electrons. The molecule has 0 aromatic heterocycles. The monoisotopic (exact) mass is 794 g/mol. The van der Waals surface area contributed by atoms with Gasteiger partial charge in [-0.15, -0.1) is 0 Å². The van der Waals surface area contributed by atoms with E-state index < -0.39 is 17.8 Å². The van der Waals surface area contributed by atoms with Crippen molar-refractivity contribution < 1.29 is 53.6 Å². The number of amides is 3. The predicted molar refractivity (Wildman–Crippen MR) is 209 cm³/mol. The number of nitrogens with two attached hydrogens (primary N) is 1. The van der Waals surface area contributed by atoms with Crippen molar-refractivity contribution in [2.24, 2.45) is 5.73 Å². The molecule has 0 saturated heterocycles. The third-order valence-corrected chi connectivity index (χ3v) is 6.97. The van der Waals surface area contributed by atoms with Gasteiger partial charge in [0.2, 0.25) is 5.91 Å². The van der Waals surface area contributed by atoms with Gasteiger partial charge in [-0.25, -0.2) is 6.57 Å². The Morgan fingerprint density at radius 3 is 1.79 bits per heavy atom. The molecule has 0 radical (unpaired) electrons. The topological polar surface area (TPSA) is 275 Å². The number of ketones is 1. The lowest BCUT2D eigenvalue weighted by Gasteiger charge is -2.25. The van der Waals surface area contributed by atoms with Crippen LogP contribution in [0.15, 0.2) is 11.1 Å². The van der Waals surface area contributed by atoms with Crippen molar-refractivity contribution in [3.63, 3.8) is 0 Å². The van der Waals surface area contributed by atoms with Crippen LogP contribution in [0.3, 0.4) is 0 Å². The second kappa shape index (κ2) is 44.7. The third-order valence-electron chi connectivity index (χ3n) is 6.97. The first-order valence-corrected chi connectivity index (χ1v) is 19.1. The molecule has 0 fully saturated rings. The predicted octanol–water partition coefficient (Wildman–Crippen LogP) is 3.20. The van der Waals surface area contributed by atoms with Crippen molar-refractivity contribution in [3.8, 4) is 12.1 Å². The molecule has 0 aromatic rings. The van der Waals surface area contributed by atoms with E-state index in [0.29, 0.717) is 38.5 Å². The number of ether oxygens (including phenoxy) is 2. The van der Waals surface area contributed by atoms with Crippen molar-refractivity contribution in [3.05, 3.63) is 22.6 Å². The number of nitrogens with one attached hydrogen (secondary N) is 1. The van der Waals surface area contributed by atoms with E-state index in [2.05, 4.69) is 19.6 Å². The number of Topliss-reactive ketones (excluding diaryl/α,β-unsaturated/α-hetero) is 1. The van der Waals surface area contributed by atoms with Crippen molar-refractivity contribution >= 4 is 35.4 Å². The highest BCUT2D eigenvalue weighted by Gasteiger charge is 2.30. The van der Waals surface area contributed by atoms with Gasteiger partial charge in [-0.1, -0.05) is 38.5 Å². The maximum absolute atomic E-state index is 11.9. The van der Waals surface area contributed by atoms with Crippen molar-refractivity contribution in [2.75, 3.05) is 59.2 Å². The number of hydrogen-bond donors (Lipinski definition) is 5. The van der Waals surface area contributed by atoms with Crippen LogP contribution in [0.2, 0.25) is 0 Å². The van der Waals surface area contributed by atoms with Gasteiger partial charge >= 0.3 is 11.9 Å². The van der Waals surface area contributed by atoms with E-state index >= 15 is 0 Å². The fourth-order valence-corrected chi connectivity index (χ4v) is 4.19. The second-order valence-corrected chi connectivity index (χ2v) is 12.0. The van der Waals surface area contributed by atoms with Crippen LogP contribution in [-0.2, 0) is 38.2 Å². The largest absolute Gasteiger partial charge is 0.466 e. The lowest BCUT2D eigenvalue weighted by atomic mass is 10.0. The molecule has 1 aliphatic rings. The first-order chi connectivity index (χ1) is 26.8. The number of unbranched alkanes of at least 4 members (excludes halogenated alkanes) is 9. The molecule has 17 heteroatoms. The summed E-state index contributed by atoms with van der Waals surface area (Å²) >= 11 is 0. The van der Waals surface area contributed by atoms with Gasteiger partial charge in [-0.05, 0) is 78.3 Å². The highest BCUT2D eigenvalue weighted by atomic mass is 16.5. The van der Waals surface area contributed by atoms with E-state index in [1.165, 1.54) is 11.8 Å². The van der Waals surface area contributed by atoms with Crippen molar-refractivity contribution in [1.29, 1.82) is 10.5 Å². The average molecular weight is 795 g/mol. The van der Waals surface area contributed by atoms with Crippen LogP contribution in [0.4, 0.5) is 0 Å². The zero-order valence-electron chi connectivity index (χ0n) is 33.9. The lowest BCUT2D eigenvalue weighted by molar-refractivity contribution is -0.146. The number of nitriles is 2. The molecule has 17 nitrogen and oxygen atoms in total. The van der Waals surface area contributed by atoms with E-state index in [4.69, 9.17) is 38.1 Å². The number of aliphatic hydroxyl groups excluding tert-OH is 3. The number of aliphatic hydroxyl groups is 3. The number of rotatable bonds is 23. The van der Waals surface area contributed by atoms with E-state index in [9.17, 15) is 28.8 Å². The number of imide groups is 1. The Morgan fingerprint density at radius 2 is 1.34 bits per heavy atom. The minimum Gasteiger partial charge on any atom is -0.466 e. The molecule has 0 atom stereocenters. The fraction of sp³-hybridized carbons (Fsp3) is 0.718. The van der Waals surface area contributed by atoms with E-state index in [1.807, 2.05) is 6.07 Å². The minimum absolute atomic E-state index is 0.0728. The second-order valence-electron chi connectivity index (χ2n) is 12.0. The van der Waals surface area contributed by atoms with E-state index in [-0.39, 0.29) is 62.2 Å². The number of esters is 2. The van der Waals surface area contributed by atoms with Crippen molar-refractivity contribution in [2.45, 2.75) is 124 Å². The molecule has 0 aromatic carbocycles. The minimum atomic E-state index is -0.464. The molecule has 0 aliphatic carbocycles. The summed E-state index contributed by atoms with van der Waals surface area (Å²) in [6, 6.07) is 3.55. The van der Waals surface area contributed by atoms with Crippen LogP contribution in [0.1, 0.15) is 124 Å². The Balaban J connectivity index is -0.000000316. The number of hydrogen-bond acceptors (Lipinski definition) is 14. The zero-order chi connectivity index (χ0) is 43.4. The zero-order valence-corrected chi connectivity index (χ0v) is 33.9. The van der Waals surface area contributed by atoms with E-state index in [0.717, 1.165) is 83.6 Å². The molecule has 1 heterocycles. The van der Waals surface area contributed by atoms with Gasteiger partial charge in [0.1, 0.15) is 30.3 Å². The molecule has 0 spiro atoms.